The molecule has 4 aromatic rings. The zero-order valence-corrected chi connectivity index (χ0v) is 18.2. The van der Waals surface area contributed by atoms with Crippen molar-refractivity contribution in [3.63, 3.8) is 0 Å². The maximum absolute atomic E-state index is 14.5. The number of benzene rings is 2. The number of hydrogen-bond acceptors (Lipinski definition) is 4. The number of aryl methyl sites for hydroxylation is 1. The molecule has 0 fully saturated rings. The van der Waals surface area contributed by atoms with Gasteiger partial charge in [-0.25, -0.2) is 9.18 Å². The van der Waals surface area contributed by atoms with Gasteiger partial charge in [0, 0.05) is 16.2 Å². The van der Waals surface area contributed by atoms with Crippen LogP contribution in [0.5, 0.6) is 0 Å². The minimum absolute atomic E-state index is 0.0796. The lowest BCUT2D eigenvalue weighted by molar-refractivity contribution is 0.630. The lowest BCUT2D eigenvalue weighted by Gasteiger charge is -2.18. The molecule has 0 bridgehead atoms. The third-order valence-corrected chi connectivity index (χ3v) is 5.53. The molecule has 0 aliphatic carbocycles. The number of aromatic amines is 1. The van der Waals surface area contributed by atoms with E-state index in [1.54, 1.807) is 43.3 Å². The topological polar surface area (TPSA) is 88.9 Å². The molecule has 2 aromatic carbocycles. The first-order chi connectivity index (χ1) is 14.3. The van der Waals surface area contributed by atoms with Crippen LogP contribution in [-0.4, -0.2) is 14.1 Å². The van der Waals surface area contributed by atoms with E-state index in [0.29, 0.717) is 9.26 Å². The molecule has 152 valence electrons. The zero-order chi connectivity index (χ0) is 21.6. The van der Waals surface area contributed by atoms with Gasteiger partial charge >= 0.3 is 5.69 Å². The van der Waals surface area contributed by atoms with E-state index < -0.39 is 22.6 Å². The summed E-state index contributed by atoms with van der Waals surface area (Å²) in [4.78, 5) is 40.8. The molecule has 7 nitrogen and oxygen atoms in total. The van der Waals surface area contributed by atoms with Crippen LogP contribution in [0.25, 0.3) is 16.6 Å². The third kappa shape index (κ3) is 3.24. The van der Waals surface area contributed by atoms with Crippen LogP contribution >= 0.6 is 22.6 Å². The lowest BCUT2D eigenvalue weighted by Crippen LogP contribution is -2.34. The summed E-state index contributed by atoms with van der Waals surface area (Å²) in [5.41, 5.74) is -0.750. The fourth-order valence-electron chi connectivity index (χ4n) is 3.42. The highest BCUT2D eigenvalue weighted by atomic mass is 127. The van der Waals surface area contributed by atoms with E-state index in [4.69, 9.17) is 0 Å². The van der Waals surface area contributed by atoms with Crippen LogP contribution in [-0.2, 0) is 7.05 Å². The summed E-state index contributed by atoms with van der Waals surface area (Å²) >= 11 is 1.99. The fourth-order valence-corrected chi connectivity index (χ4v) is 3.87. The number of fused-ring (bicyclic) bond motifs is 1. The molecule has 0 atom stereocenters. The van der Waals surface area contributed by atoms with Crippen LogP contribution in [0.15, 0.2) is 62.9 Å². The van der Waals surface area contributed by atoms with Crippen molar-refractivity contribution >= 4 is 45.0 Å². The van der Waals surface area contributed by atoms with Gasteiger partial charge in [-0.15, -0.1) is 0 Å². The van der Waals surface area contributed by atoms with Crippen molar-refractivity contribution in [2.24, 2.45) is 7.05 Å². The van der Waals surface area contributed by atoms with Crippen molar-refractivity contribution in [2.45, 2.75) is 6.92 Å². The minimum atomic E-state index is -0.672. The van der Waals surface area contributed by atoms with Crippen molar-refractivity contribution in [3.8, 4) is 5.69 Å². The number of nitrogens with zero attached hydrogens (tertiary/aromatic N) is 2. The predicted molar refractivity (Wildman–Crippen MR) is 123 cm³/mol. The van der Waals surface area contributed by atoms with Crippen molar-refractivity contribution in [2.75, 3.05) is 5.32 Å². The maximum Gasteiger partial charge on any atom is 0.333 e. The first-order valence-electron chi connectivity index (χ1n) is 8.95. The molecular weight excluding hydrogens is 502 g/mol. The Morgan fingerprint density at radius 1 is 1.07 bits per heavy atom. The molecule has 0 radical (unpaired) electrons. The first-order valence-corrected chi connectivity index (χ1v) is 10.0. The molecule has 4 rings (SSSR count). The third-order valence-electron chi connectivity index (χ3n) is 4.86. The van der Waals surface area contributed by atoms with Crippen LogP contribution in [0.4, 0.5) is 15.9 Å². The highest BCUT2D eigenvalue weighted by Gasteiger charge is 2.21. The second kappa shape index (κ2) is 7.56. The summed E-state index contributed by atoms with van der Waals surface area (Å²) in [5, 5.41) is 2.95. The van der Waals surface area contributed by atoms with Crippen LogP contribution < -0.4 is 22.1 Å². The van der Waals surface area contributed by atoms with Gasteiger partial charge in [-0.3, -0.25) is 23.7 Å². The van der Waals surface area contributed by atoms with Gasteiger partial charge in [-0.05, 0) is 59.8 Å². The molecule has 0 unspecified atom stereocenters. The van der Waals surface area contributed by atoms with Gasteiger partial charge in [0.25, 0.3) is 11.1 Å². The molecule has 0 amide bonds. The number of anilines is 2. The number of H-pyrrole nitrogens is 1. The van der Waals surface area contributed by atoms with E-state index in [9.17, 15) is 18.8 Å². The van der Waals surface area contributed by atoms with Crippen molar-refractivity contribution in [1.29, 1.82) is 0 Å². The second-order valence-corrected chi connectivity index (χ2v) is 7.99. The highest BCUT2D eigenvalue weighted by Crippen LogP contribution is 2.26. The van der Waals surface area contributed by atoms with Gasteiger partial charge in [0.2, 0.25) is 0 Å². The van der Waals surface area contributed by atoms with Crippen molar-refractivity contribution in [3.05, 3.63) is 94.7 Å². The number of nitrogens with one attached hydrogen (secondary N) is 2. The van der Waals surface area contributed by atoms with E-state index in [0.717, 1.165) is 0 Å². The Hall–Kier alpha value is -3.21. The van der Waals surface area contributed by atoms with Crippen LogP contribution in [0.3, 0.4) is 0 Å². The van der Waals surface area contributed by atoms with Gasteiger partial charge in [0.05, 0.1) is 16.9 Å². The van der Waals surface area contributed by atoms with Gasteiger partial charge in [0.15, 0.2) is 0 Å². The molecule has 0 saturated heterocycles. The lowest BCUT2D eigenvalue weighted by atomic mass is 10.1. The quantitative estimate of drug-likeness (QED) is 0.408. The van der Waals surface area contributed by atoms with Gasteiger partial charge in [0.1, 0.15) is 17.0 Å². The van der Waals surface area contributed by atoms with E-state index in [-0.39, 0.29) is 28.0 Å². The van der Waals surface area contributed by atoms with E-state index in [1.165, 1.54) is 28.3 Å². The minimum Gasteiger partial charge on any atom is -0.338 e. The zero-order valence-electron chi connectivity index (χ0n) is 16.0. The Morgan fingerprint density at radius 2 is 1.77 bits per heavy atom. The molecule has 0 aliphatic heterocycles. The number of halogens is 2. The van der Waals surface area contributed by atoms with Crippen LogP contribution in [0.2, 0.25) is 0 Å². The van der Waals surface area contributed by atoms with E-state index in [2.05, 4.69) is 10.3 Å². The molecular formula is C21H16FIN4O3. The Bertz CT molecular complexity index is 1470. The molecule has 0 spiro atoms. The van der Waals surface area contributed by atoms with Gasteiger partial charge < -0.3 is 5.32 Å². The predicted octanol–water partition coefficient (Wildman–Crippen LogP) is 3.17. The monoisotopic (exact) mass is 518 g/mol. The molecule has 0 saturated carbocycles. The summed E-state index contributed by atoms with van der Waals surface area (Å²) in [5.74, 6) is -0.442. The summed E-state index contributed by atoms with van der Waals surface area (Å²) in [6.07, 6.45) is 0. The average Bonchev–Trinajstić information content (AvgIpc) is 2.71. The normalized spacial score (nSPS) is 11.1. The summed E-state index contributed by atoms with van der Waals surface area (Å²) in [6, 6.07) is 13.2. The Labute approximate surface area is 182 Å². The molecule has 2 heterocycles. The van der Waals surface area contributed by atoms with Gasteiger partial charge in [-0.1, -0.05) is 18.2 Å². The largest absolute Gasteiger partial charge is 0.338 e. The smallest absolute Gasteiger partial charge is 0.333 e. The number of rotatable bonds is 3. The highest BCUT2D eigenvalue weighted by molar-refractivity contribution is 14.1. The SMILES string of the molecule is Cc1c(=O)n(C)c(Nc2ccc(I)cc2F)c2c(=O)[nH]c(=O)n(-c3ccccc3)c12. The van der Waals surface area contributed by atoms with E-state index in [1.807, 2.05) is 22.6 Å². The number of hydrogen-bond donors (Lipinski definition) is 2. The van der Waals surface area contributed by atoms with E-state index >= 15 is 0 Å². The maximum atomic E-state index is 14.5. The van der Waals surface area contributed by atoms with Crippen LogP contribution in [0, 0.1) is 16.3 Å². The Balaban J connectivity index is 2.14. The second-order valence-electron chi connectivity index (χ2n) is 6.74. The average molecular weight is 518 g/mol. The molecule has 9 heteroatoms. The Kier molecular flexibility index (Phi) is 5.06. The first kappa shape index (κ1) is 20.1. The van der Waals surface area contributed by atoms with Crippen molar-refractivity contribution in [1.82, 2.24) is 14.1 Å². The Morgan fingerprint density at radius 3 is 2.43 bits per heavy atom. The number of pyridine rings is 1. The van der Waals surface area contributed by atoms with Gasteiger partial charge in [-0.2, -0.15) is 0 Å². The molecule has 2 aromatic heterocycles. The molecule has 2 N–H and O–H groups in total. The summed E-state index contributed by atoms with van der Waals surface area (Å²) in [6.45, 7) is 1.55. The number of aromatic nitrogens is 3. The summed E-state index contributed by atoms with van der Waals surface area (Å²) in [7, 11) is 1.49. The molecule has 0 aliphatic rings. The fraction of sp³-hybridized carbons (Fsp3) is 0.0952. The number of para-hydroxylation sites is 1. The van der Waals surface area contributed by atoms with Crippen molar-refractivity contribution < 1.29 is 4.39 Å². The summed E-state index contributed by atoms with van der Waals surface area (Å²) < 4.78 is 17.7. The molecule has 30 heavy (non-hydrogen) atoms. The van der Waals surface area contributed by atoms with Crippen LogP contribution in [0.1, 0.15) is 5.56 Å². The standard InChI is InChI=1S/C21H16FIN4O3/c1-11-17-16(19(28)25-21(30)27(17)13-6-4-3-5-7-13)18(26(2)20(11)29)24-15-9-8-12(23)10-14(15)22/h3-10,24H,1-2H3,(H,25,28,30).